The number of nitro groups is 1. The third-order valence-electron chi connectivity index (χ3n) is 4.37. The maximum atomic E-state index is 13.3. The van der Waals surface area contributed by atoms with Gasteiger partial charge < -0.3 is 5.32 Å². The number of non-ortho nitro benzene ring substituents is 1. The van der Waals surface area contributed by atoms with Gasteiger partial charge in [-0.05, 0) is 48.7 Å². The first-order chi connectivity index (χ1) is 13.8. The normalized spacial score (nSPS) is 10.9. The number of carbonyl (C=O) groups is 1. The van der Waals surface area contributed by atoms with Gasteiger partial charge in [-0.2, -0.15) is 5.10 Å². The van der Waals surface area contributed by atoms with Crippen LogP contribution in [0, 0.1) is 21.8 Å². The third kappa shape index (κ3) is 4.84. The predicted molar refractivity (Wildman–Crippen MR) is 107 cm³/mol. The van der Waals surface area contributed by atoms with Crippen LogP contribution in [-0.2, 0) is 0 Å². The predicted octanol–water partition coefficient (Wildman–Crippen LogP) is 4.36. The van der Waals surface area contributed by atoms with E-state index in [0.29, 0.717) is 29.4 Å². The SMILES string of the molecule is CC(C)CCNC(=O)c1cc(-c2ccc(F)cc2)nn1-c1cccc([N+](=O)[O-])c1. The molecule has 0 radical (unpaired) electrons. The maximum Gasteiger partial charge on any atom is 0.271 e. The van der Waals surface area contributed by atoms with E-state index in [2.05, 4.69) is 24.3 Å². The van der Waals surface area contributed by atoms with Crippen molar-refractivity contribution in [3.63, 3.8) is 0 Å². The second-order valence-corrected chi connectivity index (χ2v) is 7.05. The number of nitrogens with zero attached hydrogens (tertiary/aromatic N) is 3. The summed E-state index contributed by atoms with van der Waals surface area (Å²) < 4.78 is 14.6. The van der Waals surface area contributed by atoms with Gasteiger partial charge in [0.2, 0.25) is 0 Å². The highest BCUT2D eigenvalue weighted by Crippen LogP contribution is 2.24. The van der Waals surface area contributed by atoms with E-state index in [9.17, 15) is 19.3 Å². The highest BCUT2D eigenvalue weighted by Gasteiger charge is 2.19. The van der Waals surface area contributed by atoms with E-state index in [-0.39, 0.29) is 23.1 Å². The van der Waals surface area contributed by atoms with Crippen molar-refractivity contribution in [3.8, 4) is 16.9 Å². The zero-order valence-electron chi connectivity index (χ0n) is 16.1. The highest BCUT2D eigenvalue weighted by atomic mass is 19.1. The van der Waals surface area contributed by atoms with E-state index in [1.165, 1.54) is 35.0 Å². The number of hydrogen-bond donors (Lipinski definition) is 1. The highest BCUT2D eigenvalue weighted by molar-refractivity contribution is 5.94. The zero-order valence-corrected chi connectivity index (χ0v) is 16.1. The minimum atomic E-state index is -0.504. The van der Waals surface area contributed by atoms with Crippen molar-refractivity contribution in [1.29, 1.82) is 0 Å². The molecule has 0 unspecified atom stereocenters. The summed E-state index contributed by atoms with van der Waals surface area (Å²) in [6, 6.07) is 13.2. The zero-order chi connectivity index (χ0) is 21.0. The quantitative estimate of drug-likeness (QED) is 0.474. The summed E-state index contributed by atoms with van der Waals surface area (Å²) in [6.45, 7) is 4.63. The van der Waals surface area contributed by atoms with Crippen LogP contribution >= 0.6 is 0 Å². The summed E-state index contributed by atoms with van der Waals surface area (Å²) in [4.78, 5) is 23.4. The van der Waals surface area contributed by atoms with Crippen LogP contribution in [-0.4, -0.2) is 27.2 Å². The minimum Gasteiger partial charge on any atom is -0.351 e. The molecule has 3 aromatic rings. The lowest BCUT2D eigenvalue weighted by Gasteiger charge is -2.09. The molecule has 0 saturated carbocycles. The van der Waals surface area contributed by atoms with Crippen LogP contribution in [0.5, 0.6) is 0 Å². The van der Waals surface area contributed by atoms with Gasteiger partial charge in [-0.3, -0.25) is 14.9 Å². The standard InChI is InChI=1S/C21H21FN4O3/c1-14(2)10-11-23-21(27)20-13-19(15-6-8-16(22)9-7-15)24-25(20)17-4-3-5-18(12-17)26(28)29/h3-9,12-14H,10-11H2,1-2H3,(H,23,27). The Hall–Kier alpha value is -3.55. The van der Waals surface area contributed by atoms with Gasteiger partial charge in [0, 0.05) is 24.2 Å². The molecular weight excluding hydrogens is 375 g/mol. The Morgan fingerprint density at radius 1 is 1.21 bits per heavy atom. The lowest BCUT2D eigenvalue weighted by molar-refractivity contribution is -0.384. The Kier molecular flexibility index (Phi) is 6.01. The Morgan fingerprint density at radius 3 is 2.59 bits per heavy atom. The summed E-state index contributed by atoms with van der Waals surface area (Å²) in [5.74, 6) is -0.275. The van der Waals surface area contributed by atoms with Gasteiger partial charge in [-0.15, -0.1) is 0 Å². The second kappa shape index (κ2) is 8.64. The Morgan fingerprint density at radius 2 is 1.93 bits per heavy atom. The fourth-order valence-electron chi connectivity index (χ4n) is 2.80. The van der Waals surface area contributed by atoms with Crippen LogP contribution in [0.25, 0.3) is 16.9 Å². The number of amides is 1. The molecule has 1 aromatic heterocycles. The number of carbonyl (C=O) groups excluding carboxylic acids is 1. The van der Waals surface area contributed by atoms with E-state index >= 15 is 0 Å². The molecule has 2 aromatic carbocycles. The molecule has 150 valence electrons. The third-order valence-corrected chi connectivity index (χ3v) is 4.37. The average molecular weight is 396 g/mol. The van der Waals surface area contributed by atoms with Gasteiger partial charge in [-0.1, -0.05) is 19.9 Å². The number of hydrogen-bond acceptors (Lipinski definition) is 4. The van der Waals surface area contributed by atoms with Crippen LogP contribution in [0.1, 0.15) is 30.8 Å². The van der Waals surface area contributed by atoms with Crippen molar-refractivity contribution in [2.24, 2.45) is 5.92 Å². The molecule has 0 aliphatic carbocycles. The number of nitro benzene ring substituents is 1. The van der Waals surface area contributed by atoms with E-state index in [4.69, 9.17) is 0 Å². The van der Waals surface area contributed by atoms with Gasteiger partial charge in [0.1, 0.15) is 11.5 Å². The van der Waals surface area contributed by atoms with Crippen LogP contribution in [0.15, 0.2) is 54.6 Å². The van der Waals surface area contributed by atoms with E-state index in [1.54, 1.807) is 24.3 Å². The minimum absolute atomic E-state index is 0.104. The van der Waals surface area contributed by atoms with E-state index in [1.807, 2.05) is 0 Å². The summed E-state index contributed by atoms with van der Waals surface area (Å²) in [7, 11) is 0. The van der Waals surface area contributed by atoms with Crippen molar-refractivity contribution in [2.75, 3.05) is 6.54 Å². The van der Waals surface area contributed by atoms with Crippen molar-refractivity contribution >= 4 is 11.6 Å². The van der Waals surface area contributed by atoms with Gasteiger partial charge in [0.05, 0.1) is 16.3 Å². The lowest BCUT2D eigenvalue weighted by atomic mass is 10.1. The van der Waals surface area contributed by atoms with Crippen LogP contribution in [0.4, 0.5) is 10.1 Å². The monoisotopic (exact) mass is 396 g/mol. The van der Waals surface area contributed by atoms with Crippen molar-refractivity contribution in [3.05, 3.63) is 76.2 Å². The first-order valence-electron chi connectivity index (χ1n) is 9.24. The number of aromatic nitrogens is 2. The molecule has 8 heteroatoms. The van der Waals surface area contributed by atoms with Gasteiger partial charge in [0.15, 0.2) is 0 Å². The lowest BCUT2D eigenvalue weighted by Crippen LogP contribution is -2.27. The number of nitrogens with one attached hydrogen (secondary N) is 1. The average Bonchev–Trinajstić information content (AvgIpc) is 3.14. The van der Waals surface area contributed by atoms with Gasteiger partial charge >= 0.3 is 0 Å². The van der Waals surface area contributed by atoms with Crippen molar-refractivity contribution in [1.82, 2.24) is 15.1 Å². The summed E-state index contributed by atoms with van der Waals surface area (Å²) in [6.07, 6.45) is 0.821. The Bertz CT molecular complexity index is 1030. The number of benzene rings is 2. The van der Waals surface area contributed by atoms with Gasteiger partial charge in [-0.25, -0.2) is 9.07 Å². The molecular formula is C21H21FN4O3. The molecule has 3 rings (SSSR count). The fraction of sp³-hybridized carbons (Fsp3) is 0.238. The molecule has 0 atom stereocenters. The summed E-state index contributed by atoms with van der Waals surface area (Å²) in [5, 5.41) is 18.4. The first kappa shape index (κ1) is 20.2. The molecule has 7 nitrogen and oxygen atoms in total. The molecule has 29 heavy (non-hydrogen) atoms. The van der Waals surface area contributed by atoms with E-state index in [0.717, 1.165) is 6.42 Å². The molecule has 0 aliphatic heterocycles. The molecule has 1 heterocycles. The second-order valence-electron chi connectivity index (χ2n) is 7.05. The van der Waals surface area contributed by atoms with Crippen LogP contribution < -0.4 is 5.32 Å². The molecule has 0 bridgehead atoms. The Labute approximate surface area is 167 Å². The fourth-order valence-corrected chi connectivity index (χ4v) is 2.80. The molecule has 1 N–H and O–H groups in total. The van der Waals surface area contributed by atoms with Crippen LogP contribution in [0.2, 0.25) is 0 Å². The summed E-state index contributed by atoms with van der Waals surface area (Å²) in [5.41, 5.74) is 1.62. The number of halogens is 1. The van der Waals surface area contributed by atoms with Crippen LogP contribution in [0.3, 0.4) is 0 Å². The molecule has 0 saturated heterocycles. The van der Waals surface area contributed by atoms with Gasteiger partial charge in [0.25, 0.3) is 11.6 Å². The summed E-state index contributed by atoms with van der Waals surface area (Å²) >= 11 is 0. The largest absolute Gasteiger partial charge is 0.351 e. The first-order valence-corrected chi connectivity index (χ1v) is 9.24. The number of rotatable bonds is 7. The molecule has 0 aliphatic rings. The Balaban J connectivity index is 2.02. The topological polar surface area (TPSA) is 90.1 Å². The van der Waals surface area contributed by atoms with E-state index < -0.39 is 4.92 Å². The molecule has 0 fully saturated rings. The smallest absolute Gasteiger partial charge is 0.271 e. The van der Waals surface area contributed by atoms with Crippen molar-refractivity contribution < 1.29 is 14.1 Å². The maximum absolute atomic E-state index is 13.3. The van der Waals surface area contributed by atoms with Crippen molar-refractivity contribution in [2.45, 2.75) is 20.3 Å². The molecule has 0 spiro atoms. The molecule has 1 amide bonds.